The van der Waals surface area contributed by atoms with Crippen LogP contribution in [0.1, 0.15) is 13.8 Å². The first kappa shape index (κ1) is 16.4. The predicted molar refractivity (Wildman–Crippen MR) is 64.6 cm³/mol. The molecule has 0 aliphatic rings. The summed E-state index contributed by atoms with van der Waals surface area (Å²) in [7, 11) is -0.761. The number of amides is 1. The van der Waals surface area contributed by atoms with Crippen LogP contribution in [0, 0.1) is 0 Å². The van der Waals surface area contributed by atoms with Crippen LogP contribution in [-0.2, 0) is 22.9 Å². The lowest BCUT2D eigenvalue weighted by atomic mass is 10.5. The molecule has 6 nitrogen and oxygen atoms in total. The van der Waals surface area contributed by atoms with E-state index in [9.17, 15) is 9.36 Å². The molecular weight excluding hydrogens is 269 g/mol. The summed E-state index contributed by atoms with van der Waals surface area (Å²) in [6.45, 7) is 3.52. The van der Waals surface area contributed by atoms with E-state index < -0.39 is 13.7 Å². The molecule has 0 fully saturated rings. The summed E-state index contributed by atoms with van der Waals surface area (Å²) in [6, 6.07) is 0. The molecule has 1 amide bonds. The first-order valence-electron chi connectivity index (χ1n) is 5.01. The standard InChI is InChI=1S/C9H17ClNO5P/c1-5-14-17(13,15-6-2)16-8(7-10)9(12)11(3)4/h7H,5-6H2,1-4H3. The summed E-state index contributed by atoms with van der Waals surface area (Å²) >= 11 is 5.45. The number of likely N-dealkylation sites (N-methyl/N-ethyl adjacent to an activating group) is 1. The molecule has 0 unspecified atom stereocenters. The van der Waals surface area contributed by atoms with E-state index in [1.807, 2.05) is 0 Å². The van der Waals surface area contributed by atoms with Gasteiger partial charge in [-0.25, -0.2) is 4.57 Å². The second-order valence-electron chi connectivity index (χ2n) is 3.05. The molecule has 0 aromatic rings. The van der Waals surface area contributed by atoms with Crippen molar-refractivity contribution in [2.24, 2.45) is 0 Å². The maximum Gasteiger partial charge on any atom is 0.530 e. The van der Waals surface area contributed by atoms with E-state index in [0.717, 1.165) is 5.54 Å². The summed E-state index contributed by atoms with van der Waals surface area (Å²) in [5.74, 6) is -0.818. The molecule has 0 aliphatic carbocycles. The molecule has 0 spiro atoms. The maximum atomic E-state index is 12.0. The van der Waals surface area contributed by atoms with Crippen LogP contribution in [0.25, 0.3) is 0 Å². The molecule has 0 saturated heterocycles. The van der Waals surface area contributed by atoms with Crippen molar-refractivity contribution in [3.63, 3.8) is 0 Å². The fraction of sp³-hybridized carbons (Fsp3) is 0.667. The van der Waals surface area contributed by atoms with Gasteiger partial charge in [-0.15, -0.1) is 0 Å². The molecule has 0 aromatic heterocycles. The van der Waals surface area contributed by atoms with E-state index in [2.05, 4.69) is 0 Å². The van der Waals surface area contributed by atoms with Gasteiger partial charge in [0.25, 0.3) is 5.91 Å². The highest BCUT2D eigenvalue weighted by Crippen LogP contribution is 2.51. The van der Waals surface area contributed by atoms with Gasteiger partial charge in [0.1, 0.15) is 0 Å². The topological polar surface area (TPSA) is 65.1 Å². The van der Waals surface area contributed by atoms with Crippen LogP contribution in [0.2, 0.25) is 0 Å². The zero-order valence-electron chi connectivity index (χ0n) is 10.3. The second-order valence-corrected chi connectivity index (χ2v) is 4.86. The van der Waals surface area contributed by atoms with E-state index in [-0.39, 0.29) is 19.0 Å². The van der Waals surface area contributed by atoms with Gasteiger partial charge in [-0.2, -0.15) is 0 Å². The Morgan fingerprint density at radius 2 is 1.76 bits per heavy atom. The van der Waals surface area contributed by atoms with Gasteiger partial charge in [0.15, 0.2) is 0 Å². The third kappa shape index (κ3) is 5.55. The number of hydrogen-bond acceptors (Lipinski definition) is 5. The van der Waals surface area contributed by atoms with Crippen molar-refractivity contribution in [2.45, 2.75) is 13.8 Å². The second kappa shape index (κ2) is 7.71. The van der Waals surface area contributed by atoms with Crippen LogP contribution in [0.3, 0.4) is 0 Å². The highest BCUT2D eigenvalue weighted by molar-refractivity contribution is 7.48. The lowest BCUT2D eigenvalue weighted by molar-refractivity contribution is -0.127. The summed E-state index contributed by atoms with van der Waals surface area (Å²) in [5.41, 5.74) is 0.896. The molecule has 0 rings (SSSR count). The first-order valence-corrected chi connectivity index (χ1v) is 6.90. The largest absolute Gasteiger partial charge is 0.530 e. The number of phosphoric acid groups is 1. The van der Waals surface area contributed by atoms with Gasteiger partial charge < -0.3 is 9.42 Å². The van der Waals surface area contributed by atoms with Gasteiger partial charge in [-0.3, -0.25) is 13.8 Å². The summed E-state index contributed by atoms with van der Waals surface area (Å²) in [4.78, 5) is 12.8. The molecule has 17 heavy (non-hydrogen) atoms. The molecule has 0 atom stereocenters. The molecular formula is C9H17ClNO5P. The Kier molecular flexibility index (Phi) is 7.46. The lowest BCUT2D eigenvalue weighted by Gasteiger charge is -2.19. The van der Waals surface area contributed by atoms with Gasteiger partial charge in [0, 0.05) is 14.1 Å². The molecule has 0 heterocycles. The van der Waals surface area contributed by atoms with Crippen molar-refractivity contribution in [2.75, 3.05) is 27.3 Å². The monoisotopic (exact) mass is 285 g/mol. The van der Waals surface area contributed by atoms with Crippen molar-refractivity contribution < 1.29 is 22.9 Å². The van der Waals surface area contributed by atoms with Crippen LogP contribution < -0.4 is 0 Å². The molecule has 0 bridgehead atoms. The van der Waals surface area contributed by atoms with E-state index in [1.165, 1.54) is 19.0 Å². The fourth-order valence-electron chi connectivity index (χ4n) is 0.853. The third-order valence-electron chi connectivity index (χ3n) is 1.50. The number of nitrogens with zero attached hydrogens (tertiary/aromatic N) is 1. The average Bonchev–Trinajstić information content (AvgIpc) is 2.25. The molecule has 0 aliphatic heterocycles. The number of halogens is 1. The van der Waals surface area contributed by atoms with E-state index in [0.29, 0.717) is 0 Å². The minimum Gasteiger partial charge on any atom is -0.397 e. The maximum absolute atomic E-state index is 12.0. The van der Waals surface area contributed by atoms with Gasteiger partial charge >= 0.3 is 7.82 Å². The Morgan fingerprint density at radius 3 is 2.06 bits per heavy atom. The van der Waals surface area contributed by atoms with Gasteiger partial charge in [-0.1, -0.05) is 11.6 Å². The van der Waals surface area contributed by atoms with E-state index in [1.54, 1.807) is 13.8 Å². The van der Waals surface area contributed by atoms with Crippen molar-refractivity contribution >= 4 is 25.3 Å². The van der Waals surface area contributed by atoms with Gasteiger partial charge in [0.05, 0.1) is 18.7 Å². The van der Waals surface area contributed by atoms with Crippen LogP contribution >= 0.6 is 19.4 Å². The Balaban J connectivity index is 4.85. The smallest absolute Gasteiger partial charge is 0.397 e. The van der Waals surface area contributed by atoms with E-state index in [4.69, 9.17) is 25.2 Å². The molecule has 100 valence electrons. The lowest BCUT2D eigenvalue weighted by Crippen LogP contribution is -2.24. The molecule has 0 aromatic carbocycles. The zero-order chi connectivity index (χ0) is 13.5. The average molecular weight is 286 g/mol. The third-order valence-corrected chi connectivity index (χ3v) is 3.27. The van der Waals surface area contributed by atoms with Crippen LogP contribution in [-0.4, -0.2) is 38.1 Å². The van der Waals surface area contributed by atoms with Crippen LogP contribution in [0.15, 0.2) is 11.3 Å². The normalized spacial score (nSPS) is 12.4. The predicted octanol–water partition coefficient (Wildman–Crippen LogP) is 2.35. The first-order chi connectivity index (χ1) is 7.90. The zero-order valence-corrected chi connectivity index (χ0v) is 12.0. The highest BCUT2D eigenvalue weighted by atomic mass is 35.5. The van der Waals surface area contributed by atoms with Crippen molar-refractivity contribution in [1.29, 1.82) is 0 Å². The Hall–Kier alpha value is -0.550. The SMILES string of the molecule is CCOP(=O)(OCC)OC(=CCl)C(=O)N(C)C. The number of rotatable bonds is 7. The number of carbonyl (C=O) groups is 1. The summed E-state index contributed by atoms with van der Waals surface area (Å²) in [5, 5.41) is 0. The number of carbonyl (C=O) groups excluding carboxylic acids is 1. The molecule has 0 radical (unpaired) electrons. The minimum atomic E-state index is -3.79. The van der Waals surface area contributed by atoms with E-state index >= 15 is 0 Å². The molecule has 0 N–H and O–H groups in total. The minimum absolute atomic E-state index is 0.128. The molecule has 0 saturated carbocycles. The summed E-state index contributed by atoms with van der Waals surface area (Å²) < 4.78 is 26.7. The Morgan fingerprint density at radius 1 is 1.29 bits per heavy atom. The van der Waals surface area contributed by atoms with Gasteiger partial charge in [-0.05, 0) is 13.8 Å². The number of hydrogen-bond donors (Lipinski definition) is 0. The van der Waals surface area contributed by atoms with Crippen molar-refractivity contribution in [1.82, 2.24) is 4.90 Å². The van der Waals surface area contributed by atoms with Gasteiger partial charge in [0.2, 0.25) is 5.76 Å². The van der Waals surface area contributed by atoms with Crippen molar-refractivity contribution in [3.05, 3.63) is 11.3 Å². The van der Waals surface area contributed by atoms with Crippen LogP contribution in [0.4, 0.5) is 0 Å². The highest BCUT2D eigenvalue weighted by Gasteiger charge is 2.31. The van der Waals surface area contributed by atoms with Crippen LogP contribution in [0.5, 0.6) is 0 Å². The molecule has 8 heteroatoms. The van der Waals surface area contributed by atoms with Crippen molar-refractivity contribution in [3.8, 4) is 0 Å². The summed E-state index contributed by atoms with van der Waals surface area (Å²) in [6.07, 6.45) is 0. The quantitative estimate of drug-likeness (QED) is 0.408. The fourth-order valence-corrected chi connectivity index (χ4v) is 2.24. The number of phosphoric ester groups is 1. The Bertz CT molecular complexity index is 321. The Labute approximate surface area is 106 Å².